The zero-order valence-corrected chi connectivity index (χ0v) is 15.2. The summed E-state index contributed by atoms with van der Waals surface area (Å²) in [4.78, 5) is 0. The summed E-state index contributed by atoms with van der Waals surface area (Å²) in [6.45, 7) is 14.2. The van der Waals surface area contributed by atoms with Gasteiger partial charge in [0.05, 0.1) is 6.10 Å². The van der Waals surface area contributed by atoms with Gasteiger partial charge in [-0.05, 0) is 44.0 Å². The van der Waals surface area contributed by atoms with E-state index in [9.17, 15) is 0 Å². The van der Waals surface area contributed by atoms with Crippen LogP contribution in [0.5, 0.6) is 5.75 Å². The van der Waals surface area contributed by atoms with E-state index in [1.165, 1.54) is 5.56 Å². The number of hydrogen-bond acceptors (Lipinski definition) is 3. The maximum absolute atomic E-state index is 5.71. The van der Waals surface area contributed by atoms with Gasteiger partial charge in [0, 0.05) is 17.0 Å². The largest absolute Gasteiger partial charge is 0.491 e. The van der Waals surface area contributed by atoms with E-state index in [4.69, 9.17) is 4.74 Å². The van der Waals surface area contributed by atoms with Crippen LogP contribution in [-0.2, 0) is 0 Å². The monoisotopic (exact) mass is 309 g/mol. The summed E-state index contributed by atoms with van der Waals surface area (Å²) >= 11 is 2.05. The minimum atomic E-state index is 0.225. The zero-order valence-electron chi connectivity index (χ0n) is 14.3. The fourth-order valence-corrected chi connectivity index (χ4v) is 3.20. The van der Waals surface area contributed by atoms with Crippen LogP contribution in [0.2, 0.25) is 0 Å². The van der Waals surface area contributed by atoms with Gasteiger partial charge >= 0.3 is 0 Å². The van der Waals surface area contributed by atoms with Crippen molar-refractivity contribution in [2.24, 2.45) is 5.92 Å². The second-order valence-electron chi connectivity index (χ2n) is 6.13. The molecule has 1 N–H and O–H groups in total. The summed E-state index contributed by atoms with van der Waals surface area (Å²) in [7, 11) is 0. The third kappa shape index (κ3) is 6.75. The van der Waals surface area contributed by atoms with Crippen LogP contribution >= 0.6 is 11.8 Å². The third-order valence-electron chi connectivity index (χ3n) is 3.57. The average Bonchev–Trinajstić information content (AvgIpc) is 2.43. The van der Waals surface area contributed by atoms with E-state index in [2.05, 4.69) is 71.1 Å². The molecule has 120 valence electrons. The van der Waals surface area contributed by atoms with Gasteiger partial charge < -0.3 is 10.1 Å². The number of thioether (sulfide) groups is 1. The number of rotatable bonds is 9. The van der Waals surface area contributed by atoms with Crippen LogP contribution in [0.25, 0.3) is 0 Å². The summed E-state index contributed by atoms with van der Waals surface area (Å²) in [6.07, 6.45) is 0.225. The minimum absolute atomic E-state index is 0.225. The fraction of sp³-hybridized carbons (Fsp3) is 0.667. The number of ether oxygens (including phenoxy) is 1. The van der Waals surface area contributed by atoms with Crippen molar-refractivity contribution >= 4 is 11.8 Å². The van der Waals surface area contributed by atoms with Crippen LogP contribution in [0.3, 0.4) is 0 Å². The molecule has 3 heteroatoms. The van der Waals surface area contributed by atoms with Gasteiger partial charge in [-0.2, -0.15) is 11.8 Å². The molecule has 0 aliphatic carbocycles. The Morgan fingerprint density at radius 3 is 2.14 bits per heavy atom. The summed E-state index contributed by atoms with van der Waals surface area (Å²) < 4.78 is 5.71. The van der Waals surface area contributed by atoms with Crippen molar-refractivity contribution in [3.05, 3.63) is 29.8 Å². The van der Waals surface area contributed by atoms with Gasteiger partial charge in [0.25, 0.3) is 0 Å². The molecule has 0 amide bonds. The smallest absolute Gasteiger partial charge is 0.119 e. The van der Waals surface area contributed by atoms with Gasteiger partial charge in [-0.3, -0.25) is 0 Å². The Hall–Kier alpha value is -0.670. The van der Waals surface area contributed by atoms with E-state index < -0.39 is 0 Å². The van der Waals surface area contributed by atoms with Crippen molar-refractivity contribution in [1.29, 1.82) is 0 Å². The van der Waals surface area contributed by atoms with Crippen molar-refractivity contribution in [2.75, 3.05) is 12.3 Å². The molecular weight excluding hydrogens is 278 g/mol. The highest BCUT2D eigenvalue weighted by Crippen LogP contribution is 2.26. The molecule has 0 heterocycles. The first-order valence-corrected chi connectivity index (χ1v) is 9.10. The van der Waals surface area contributed by atoms with Gasteiger partial charge in [0.1, 0.15) is 5.75 Å². The summed E-state index contributed by atoms with van der Waals surface area (Å²) in [5.41, 5.74) is 1.34. The predicted molar refractivity (Wildman–Crippen MR) is 95.4 cm³/mol. The highest BCUT2D eigenvalue weighted by Gasteiger charge is 2.14. The van der Waals surface area contributed by atoms with Crippen LogP contribution in [0.4, 0.5) is 0 Å². The van der Waals surface area contributed by atoms with E-state index in [1.54, 1.807) is 0 Å². The predicted octanol–water partition coefficient (Wildman–Crippen LogP) is 4.90. The quantitative estimate of drug-likeness (QED) is 0.701. The van der Waals surface area contributed by atoms with E-state index in [-0.39, 0.29) is 6.10 Å². The molecular formula is C18H31NOS. The molecule has 21 heavy (non-hydrogen) atoms. The second-order valence-corrected chi connectivity index (χ2v) is 7.54. The molecule has 0 radical (unpaired) electrons. The summed E-state index contributed by atoms with van der Waals surface area (Å²) in [5.74, 6) is 2.78. The van der Waals surface area contributed by atoms with Crippen LogP contribution in [-0.4, -0.2) is 23.7 Å². The molecule has 0 aliphatic rings. The SMILES string of the molecule is CCNC(CSC(C)C(C)C)c1ccc(OC(C)C)cc1. The lowest BCUT2D eigenvalue weighted by molar-refractivity contribution is 0.242. The van der Waals surface area contributed by atoms with Crippen molar-refractivity contribution in [1.82, 2.24) is 5.32 Å². The molecule has 2 unspecified atom stereocenters. The Bertz CT molecular complexity index is 389. The minimum Gasteiger partial charge on any atom is -0.491 e. The molecule has 0 fully saturated rings. The Kier molecular flexibility index (Phi) is 8.20. The molecule has 0 aliphatic heterocycles. The van der Waals surface area contributed by atoms with Gasteiger partial charge in [0.2, 0.25) is 0 Å². The molecule has 0 aromatic heterocycles. The molecule has 1 aromatic carbocycles. The highest BCUT2D eigenvalue weighted by molar-refractivity contribution is 7.99. The topological polar surface area (TPSA) is 21.3 Å². The summed E-state index contributed by atoms with van der Waals surface area (Å²) in [6, 6.07) is 8.94. The second kappa shape index (κ2) is 9.37. The van der Waals surface area contributed by atoms with Crippen molar-refractivity contribution in [3.8, 4) is 5.75 Å². The average molecular weight is 310 g/mol. The molecule has 0 saturated heterocycles. The van der Waals surface area contributed by atoms with Gasteiger partial charge in [-0.25, -0.2) is 0 Å². The van der Waals surface area contributed by atoms with Crippen molar-refractivity contribution in [3.63, 3.8) is 0 Å². The molecule has 0 saturated carbocycles. The lowest BCUT2D eigenvalue weighted by atomic mass is 10.1. The normalized spacial score (nSPS) is 14.5. The standard InChI is InChI=1S/C18H31NOS/c1-7-19-18(12-21-15(6)13(2)3)16-8-10-17(11-9-16)20-14(4)5/h8-11,13-15,18-19H,7,12H2,1-6H3. The van der Waals surface area contributed by atoms with Crippen LogP contribution < -0.4 is 10.1 Å². The van der Waals surface area contributed by atoms with E-state index in [0.29, 0.717) is 11.3 Å². The Balaban J connectivity index is 2.66. The van der Waals surface area contributed by atoms with Crippen LogP contribution in [0, 0.1) is 5.92 Å². The molecule has 1 aromatic rings. The summed E-state index contributed by atoms with van der Waals surface area (Å²) in [5, 5.41) is 4.28. The van der Waals surface area contributed by atoms with Crippen molar-refractivity contribution < 1.29 is 4.74 Å². The third-order valence-corrected chi connectivity index (χ3v) is 5.17. The number of hydrogen-bond donors (Lipinski definition) is 1. The first-order chi connectivity index (χ1) is 9.93. The zero-order chi connectivity index (χ0) is 15.8. The lowest BCUT2D eigenvalue weighted by Gasteiger charge is -2.22. The molecule has 0 spiro atoms. The maximum Gasteiger partial charge on any atom is 0.119 e. The molecule has 2 atom stereocenters. The van der Waals surface area contributed by atoms with Crippen LogP contribution in [0.1, 0.15) is 53.1 Å². The van der Waals surface area contributed by atoms with Gasteiger partial charge in [0.15, 0.2) is 0 Å². The first-order valence-electron chi connectivity index (χ1n) is 8.05. The molecule has 2 nitrogen and oxygen atoms in total. The maximum atomic E-state index is 5.71. The van der Waals surface area contributed by atoms with Crippen molar-refractivity contribution in [2.45, 2.75) is 58.9 Å². The Labute approximate surface area is 135 Å². The van der Waals surface area contributed by atoms with Crippen LogP contribution in [0.15, 0.2) is 24.3 Å². The van der Waals surface area contributed by atoms with E-state index >= 15 is 0 Å². The fourth-order valence-electron chi connectivity index (χ4n) is 2.01. The number of nitrogens with one attached hydrogen (secondary N) is 1. The highest BCUT2D eigenvalue weighted by atomic mass is 32.2. The van der Waals surface area contributed by atoms with Gasteiger partial charge in [-0.1, -0.05) is 39.8 Å². The van der Waals surface area contributed by atoms with E-state index in [1.807, 2.05) is 11.8 Å². The Morgan fingerprint density at radius 2 is 1.67 bits per heavy atom. The molecule has 1 rings (SSSR count). The van der Waals surface area contributed by atoms with Gasteiger partial charge in [-0.15, -0.1) is 0 Å². The lowest BCUT2D eigenvalue weighted by Crippen LogP contribution is -2.24. The number of benzene rings is 1. The van der Waals surface area contributed by atoms with E-state index in [0.717, 1.165) is 24.0 Å². The molecule has 0 bridgehead atoms. The Morgan fingerprint density at radius 1 is 1.05 bits per heavy atom. The first kappa shape index (κ1) is 18.4.